The van der Waals surface area contributed by atoms with Crippen LogP contribution in [0.25, 0.3) is 0 Å². The van der Waals surface area contributed by atoms with Crippen molar-refractivity contribution in [2.24, 2.45) is 5.92 Å². The lowest BCUT2D eigenvalue weighted by molar-refractivity contribution is -0.140. The molecular weight excluding hydrogens is 406 g/mol. The molecule has 1 aliphatic carbocycles. The topological polar surface area (TPSA) is 50.1 Å². The van der Waals surface area contributed by atoms with Gasteiger partial charge in [0, 0.05) is 0 Å². The van der Waals surface area contributed by atoms with Crippen molar-refractivity contribution in [1.82, 2.24) is 0 Å². The summed E-state index contributed by atoms with van der Waals surface area (Å²) in [5.74, 6) is 0.665. The lowest BCUT2D eigenvalue weighted by Crippen LogP contribution is -2.25. The smallest absolute Gasteiger partial charge is 0.314 e. The van der Waals surface area contributed by atoms with Crippen LogP contribution >= 0.6 is 0 Å². The molecule has 0 atom stereocenters. The molecule has 0 amide bonds. The van der Waals surface area contributed by atoms with Crippen LogP contribution in [0.15, 0.2) is 42.5 Å². The molecule has 3 nitrogen and oxygen atoms in total. The van der Waals surface area contributed by atoms with Crippen molar-refractivity contribution in [1.29, 1.82) is 5.26 Å². The highest BCUT2D eigenvalue weighted by atomic mass is 16.5. The molecule has 0 N–H and O–H groups in total. The lowest BCUT2D eigenvalue weighted by Gasteiger charge is -2.27. The summed E-state index contributed by atoms with van der Waals surface area (Å²) < 4.78 is 5.70. The second-order valence-corrected chi connectivity index (χ2v) is 9.57. The van der Waals surface area contributed by atoms with Crippen LogP contribution in [0.1, 0.15) is 106 Å². The maximum Gasteiger partial charge on any atom is 0.314 e. The average Bonchev–Trinajstić information content (AvgIpc) is 2.85. The molecule has 2 aromatic rings. The van der Waals surface area contributed by atoms with Crippen LogP contribution in [0.3, 0.4) is 0 Å². The molecule has 2 aromatic carbocycles. The molecule has 0 saturated heterocycles. The molecule has 0 aliphatic heterocycles. The van der Waals surface area contributed by atoms with Crippen LogP contribution in [-0.2, 0) is 17.6 Å². The van der Waals surface area contributed by atoms with Gasteiger partial charge in [-0.05, 0) is 86.1 Å². The van der Waals surface area contributed by atoms with Crippen LogP contribution in [0.2, 0.25) is 0 Å². The number of benzene rings is 2. The maximum absolute atomic E-state index is 12.8. The monoisotopic (exact) mass is 445 g/mol. The maximum atomic E-state index is 12.8. The molecule has 0 heterocycles. The summed E-state index contributed by atoms with van der Waals surface area (Å²) in [4.78, 5) is 12.8. The van der Waals surface area contributed by atoms with Crippen molar-refractivity contribution >= 4 is 5.97 Å². The Morgan fingerprint density at radius 1 is 0.879 bits per heavy atom. The third-order valence-electron chi connectivity index (χ3n) is 7.02. The van der Waals surface area contributed by atoms with E-state index in [0.717, 1.165) is 50.5 Å². The molecule has 176 valence electrons. The van der Waals surface area contributed by atoms with Gasteiger partial charge >= 0.3 is 5.97 Å². The number of ether oxygens (including phenoxy) is 1. The number of hydrogen-bond acceptors (Lipinski definition) is 3. The number of nitriles is 1. The van der Waals surface area contributed by atoms with Gasteiger partial charge < -0.3 is 4.74 Å². The van der Waals surface area contributed by atoms with Gasteiger partial charge in [0.05, 0.1) is 11.5 Å². The van der Waals surface area contributed by atoms with E-state index >= 15 is 0 Å². The van der Waals surface area contributed by atoms with Crippen molar-refractivity contribution in [2.45, 2.75) is 96.8 Å². The van der Waals surface area contributed by atoms with Gasteiger partial charge in [0.25, 0.3) is 0 Å². The Hall–Kier alpha value is -2.60. The van der Waals surface area contributed by atoms with Crippen molar-refractivity contribution in [3.63, 3.8) is 0 Å². The highest BCUT2D eigenvalue weighted by Crippen LogP contribution is 2.37. The van der Waals surface area contributed by atoms with Gasteiger partial charge in [-0.2, -0.15) is 5.26 Å². The first-order valence-electron chi connectivity index (χ1n) is 13.0. The zero-order valence-corrected chi connectivity index (χ0v) is 20.4. The van der Waals surface area contributed by atoms with Crippen molar-refractivity contribution in [2.75, 3.05) is 0 Å². The molecule has 0 unspecified atom stereocenters. The quantitative estimate of drug-likeness (QED) is 0.201. The van der Waals surface area contributed by atoms with Gasteiger partial charge in [-0.3, -0.25) is 4.79 Å². The summed E-state index contributed by atoms with van der Waals surface area (Å²) in [5, 5.41) is 9.54. The fraction of sp³-hybridized carbons (Fsp3) is 0.533. The van der Waals surface area contributed by atoms with E-state index in [1.165, 1.54) is 43.2 Å². The summed E-state index contributed by atoms with van der Waals surface area (Å²) in [6.45, 7) is 4.42. The molecular formula is C30H39NO2. The van der Waals surface area contributed by atoms with Crippen molar-refractivity contribution in [3.8, 4) is 11.8 Å². The number of esters is 1. The fourth-order valence-electron chi connectivity index (χ4n) is 4.88. The minimum atomic E-state index is -0.185. The third-order valence-corrected chi connectivity index (χ3v) is 7.02. The van der Waals surface area contributed by atoms with E-state index in [0.29, 0.717) is 17.2 Å². The van der Waals surface area contributed by atoms with Crippen molar-refractivity contribution in [3.05, 3.63) is 64.7 Å². The number of unbranched alkanes of at least 4 members (excludes halogenated alkanes) is 4. The van der Waals surface area contributed by atoms with E-state index in [4.69, 9.17) is 4.74 Å². The summed E-state index contributed by atoms with van der Waals surface area (Å²) in [6.07, 6.45) is 13.1. The van der Waals surface area contributed by atoms with Gasteiger partial charge in [0.2, 0.25) is 0 Å². The van der Waals surface area contributed by atoms with Gasteiger partial charge in [0.1, 0.15) is 11.8 Å². The minimum Gasteiger partial charge on any atom is -0.425 e. The fourth-order valence-corrected chi connectivity index (χ4v) is 4.88. The van der Waals surface area contributed by atoms with E-state index in [1.54, 1.807) is 6.07 Å². The summed E-state index contributed by atoms with van der Waals surface area (Å²) >= 11 is 0. The molecule has 3 rings (SSSR count). The van der Waals surface area contributed by atoms with Gasteiger partial charge in [-0.1, -0.05) is 69.9 Å². The Morgan fingerprint density at radius 2 is 1.48 bits per heavy atom. The predicted molar refractivity (Wildman–Crippen MR) is 134 cm³/mol. The lowest BCUT2D eigenvalue weighted by atomic mass is 9.78. The second kappa shape index (κ2) is 13.2. The molecule has 33 heavy (non-hydrogen) atoms. The highest BCUT2D eigenvalue weighted by Gasteiger charge is 2.29. The number of aryl methyl sites for hydroxylation is 2. The molecule has 3 heteroatoms. The first-order valence-corrected chi connectivity index (χ1v) is 13.0. The standard InChI is InChI=1S/C30H39NO2/c1-3-5-7-9-23-11-14-25(15-12-23)26-16-18-27(19-17-26)30(32)33-29-20-13-24(10-8-6-4-2)21-28(29)22-31/h11-15,20-21,26-27H,3-10,16-19H2,1-2H3/t26-,27-. The Balaban J connectivity index is 1.50. The number of rotatable bonds is 11. The Bertz CT molecular complexity index is 917. The number of carbonyl (C=O) groups excluding carboxylic acids is 1. The third kappa shape index (κ3) is 7.46. The summed E-state index contributed by atoms with van der Waals surface area (Å²) in [5.41, 5.74) is 4.42. The van der Waals surface area contributed by atoms with Gasteiger partial charge in [-0.25, -0.2) is 0 Å². The molecule has 1 saturated carbocycles. The first-order chi connectivity index (χ1) is 16.1. The highest BCUT2D eigenvalue weighted by molar-refractivity contribution is 5.76. The normalized spacial score (nSPS) is 18.0. The van der Waals surface area contributed by atoms with Crippen LogP contribution in [0, 0.1) is 17.2 Å². The van der Waals surface area contributed by atoms with Crippen LogP contribution in [-0.4, -0.2) is 5.97 Å². The van der Waals surface area contributed by atoms with E-state index in [9.17, 15) is 10.1 Å². The Kier molecular flexibility index (Phi) is 10.0. The average molecular weight is 446 g/mol. The molecule has 1 fully saturated rings. The van der Waals surface area contributed by atoms with Crippen LogP contribution in [0.4, 0.5) is 0 Å². The molecule has 0 radical (unpaired) electrons. The van der Waals surface area contributed by atoms with Crippen LogP contribution < -0.4 is 4.74 Å². The molecule has 0 bridgehead atoms. The second-order valence-electron chi connectivity index (χ2n) is 9.57. The number of carbonyl (C=O) groups is 1. The van der Waals surface area contributed by atoms with Gasteiger partial charge in [-0.15, -0.1) is 0 Å². The predicted octanol–water partition coefficient (Wildman–Crippen LogP) is 7.90. The molecule has 0 spiro atoms. The largest absolute Gasteiger partial charge is 0.425 e. The molecule has 0 aromatic heterocycles. The minimum absolute atomic E-state index is 0.0784. The van der Waals surface area contributed by atoms with Gasteiger partial charge in [0.15, 0.2) is 0 Å². The zero-order valence-electron chi connectivity index (χ0n) is 20.4. The number of hydrogen-bond donors (Lipinski definition) is 0. The zero-order chi connectivity index (χ0) is 23.5. The van der Waals surface area contributed by atoms with E-state index < -0.39 is 0 Å². The van der Waals surface area contributed by atoms with E-state index in [1.807, 2.05) is 12.1 Å². The first kappa shape index (κ1) is 25.0. The SMILES string of the molecule is CCCCCc1ccc([C@H]2CC[C@H](C(=O)Oc3ccc(CCCCC)cc3C#N)CC2)cc1. The molecule has 1 aliphatic rings. The van der Waals surface area contributed by atoms with E-state index in [2.05, 4.69) is 44.2 Å². The Morgan fingerprint density at radius 3 is 2.09 bits per heavy atom. The number of nitrogens with zero attached hydrogens (tertiary/aromatic N) is 1. The summed E-state index contributed by atoms with van der Waals surface area (Å²) in [7, 11) is 0. The summed E-state index contributed by atoms with van der Waals surface area (Å²) in [6, 6.07) is 17.0. The van der Waals surface area contributed by atoms with Crippen LogP contribution in [0.5, 0.6) is 5.75 Å². The Labute approximate surface area is 200 Å². The van der Waals surface area contributed by atoms with Crippen molar-refractivity contribution < 1.29 is 9.53 Å². The van der Waals surface area contributed by atoms with E-state index in [-0.39, 0.29) is 11.9 Å².